The summed E-state index contributed by atoms with van der Waals surface area (Å²) in [7, 11) is 0. The van der Waals surface area contributed by atoms with Gasteiger partial charge >= 0.3 is 0 Å². The van der Waals surface area contributed by atoms with E-state index in [4.69, 9.17) is 24.4 Å². The van der Waals surface area contributed by atoms with E-state index in [1.54, 1.807) is 11.3 Å². The van der Waals surface area contributed by atoms with Gasteiger partial charge < -0.3 is 4.42 Å². The van der Waals surface area contributed by atoms with Crippen LogP contribution >= 0.6 is 11.3 Å². The van der Waals surface area contributed by atoms with Crippen molar-refractivity contribution in [3.8, 4) is 51.2 Å². The summed E-state index contributed by atoms with van der Waals surface area (Å²) in [6, 6.07) is 56.1. The van der Waals surface area contributed by atoms with Crippen molar-refractivity contribution >= 4 is 64.5 Å². The molecule has 0 fully saturated rings. The number of thiophene rings is 1. The highest BCUT2D eigenvalue weighted by molar-refractivity contribution is 7.26. The maximum atomic E-state index is 6.28. The summed E-state index contributed by atoms with van der Waals surface area (Å²) in [5, 5.41) is 4.37. The van der Waals surface area contributed by atoms with Crippen molar-refractivity contribution in [1.29, 1.82) is 0 Å². The Labute approximate surface area is 307 Å². The van der Waals surface area contributed by atoms with Crippen LogP contribution in [0.2, 0.25) is 0 Å². The number of fused-ring (bicyclic) bond motifs is 7. The molecule has 0 aliphatic heterocycles. The first-order valence-corrected chi connectivity index (χ1v) is 18.3. The van der Waals surface area contributed by atoms with Crippen LogP contribution in [0.1, 0.15) is 0 Å². The number of furan rings is 1. The van der Waals surface area contributed by atoms with Crippen molar-refractivity contribution < 1.29 is 4.42 Å². The molecule has 53 heavy (non-hydrogen) atoms. The molecule has 0 N–H and O–H groups in total. The monoisotopic (exact) mass is 697 g/mol. The summed E-state index contributed by atoms with van der Waals surface area (Å²) in [6.07, 6.45) is 0. The molecule has 0 aliphatic rings. The molecule has 4 aromatic heterocycles. The van der Waals surface area contributed by atoms with Gasteiger partial charge in [-0.2, -0.15) is 0 Å². The SMILES string of the molecule is c1ccc(-c2nc(-c3ccc4c(c3)oc3ccccc34)nc(-c3cccc4sc5cccc(-c6nc7ccccc7n6-c6ccccc6)c5c34)n2)cc1. The number of hydrogen-bond donors (Lipinski definition) is 0. The maximum Gasteiger partial charge on any atom is 0.164 e. The Bertz CT molecular complexity index is 3180. The lowest BCUT2D eigenvalue weighted by atomic mass is 10.0. The molecule has 0 bridgehead atoms. The summed E-state index contributed by atoms with van der Waals surface area (Å²) in [5.74, 6) is 2.69. The van der Waals surface area contributed by atoms with E-state index in [-0.39, 0.29) is 0 Å². The number of hydrogen-bond acceptors (Lipinski definition) is 6. The van der Waals surface area contributed by atoms with Crippen LogP contribution in [-0.2, 0) is 0 Å². The van der Waals surface area contributed by atoms with E-state index in [9.17, 15) is 0 Å². The van der Waals surface area contributed by atoms with Gasteiger partial charge in [0.25, 0.3) is 0 Å². The molecule has 0 atom stereocenters. The molecular weight excluding hydrogens is 671 g/mol. The topological polar surface area (TPSA) is 69.6 Å². The molecule has 7 aromatic carbocycles. The average Bonchev–Trinajstić information content (AvgIpc) is 3.92. The fourth-order valence-electron chi connectivity index (χ4n) is 7.49. The van der Waals surface area contributed by atoms with E-state index in [2.05, 4.69) is 102 Å². The summed E-state index contributed by atoms with van der Waals surface area (Å²) < 4.78 is 10.9. The zero-order valence-electron chi connectivity index (χ0n) is 28.1. The standard InChI is InChI=1S/C46H27N5OS/c1-3-13-28(14-4-1)43-48-44(29-25-26-32-31-17-7-10-22-37(31)52-38(32)27-29)50-45(49-43)33-18-11-23-39-41(33)42-34(19-12-24-40(42)53-39)46-47-35-20-8-9-21-36(35)51(46)30-15-5-2-6-16-30/h1-27H. The van der Waals surface area contributed by atoms with Gasteiger partial charge in [0.2, 0.25) is 0 Å². The molecule has 7 heteroatoms. The number of nitrogens with zero attached hydrogens (tertiary/aromatic N) is 5. The minimum atomic E-state index is 0.582. The van der Waals surface area contributed by atoms with E-state index in [0.717, 1.165) is 82.2 Å². The van der Waals surface area contributed by atoms with Crippen LogP contribution in [0.5, 0.6) is 0 Å². The molecule has 0 saturated carbocycles. The highest BCUT2D eigenvalue weighted by atomic mass is 32.1. The van der Waals surface area contributed by atoms with Crippen LogP contribution in [-0.4, -0.2) is 24.5 Å². The number of imidazole rings is 1. The van der Waals surface area contributed by atoms with Gasteiger partial charge in [0.1, 0.15) is 17.0 Å². The van der Waals surface area contributed by atoms with Gasteiger partial charge in [0.15, 0.2) is 17.5 Å². The highest BCUT2D eigenvalue weighted by Gasteiger charge is 2.22. The van der Waals surface area contributed by atoms with E-state index in [1.165, 1.54) is 4.70 Å². The Morgan fingerprint density at radius 2 is 1.09 bits per heavy atom. The first-order valence-electron chi connectivity index (χ1n) is 17.5. The predicted octanol–water partition coefficient (Wildman–Crippen LogP) is 12.1. The summed E-state index contributed by atoms with van der Waals surface area (Å²) in [5.41, 5.74) is 8.48. The zero-order valence-corrected chi connectivity index (χ0v) is 29.0. The van der Waals surface area contributed by atoms with Gasteiger partial charge in [0.05, 0.1) is 11.0 Å². The van der Waals surface area contributed by atoms with Gasteiger partial charge in [-0.05, 0) is 54.6 Å². The Morgan fingerprint density at radius 1 is 0.453 bits per heavy atom. The molecule has 248 valence electrons. The van der Waals surface area contributed by atoms with E-state index < -0.39 is 0 Å². The second-order valence-corrected chi connectivity index (χ2v) is 14.1. The second kappa shape index (κ2) is 11.8. The highest BCUT2D eigenvalue weighted by Crippen LogP contribution is 2.45. The minimum absolute atomic E-state index is 0.582. The molecule has 11 rings (SSSR count). The summed E-state index contributed by atoms with van der Waals surface area (Å²) in [4.78, 5) is 20.7. The Hall–Kier alpha value is -6.96. The molecule has 0 radical (unpaired) electrons. The smallest absolute Gasteiger partial charge is 0.164 e. The Kier molecular flexibility index (Phi) is 6.62. The minimum Gasteiger partial charge on any atom is -0.456 e. The van der Waals surface area contributed by atoms with Gasteiger partial charge in [-0.1, -0.05) is 109 Å². The summed E-state index contributed by atoms with van der Waals surface area (Å²) in [6.45, 7) is 0. The van der Waals surface area contributed by atoms with Crippen LogP contribution in [0.4, 0.5) is 0 Å². The van der Waals surface area contributed by atoms with E-state index in [0.29, 0.717) is 17.5 Å². The van der Waals surface area contributed by atoms with Gasteiger partial charge in [-0.15, -0.1) is 11.3 Å². The quantitative estimate of drug-likeness (QED) is 0.179. The molecule has 0 unspecified atom stereocenters. The third-order valence-corrected chi connectivity index (χ3v) is 11.0. The second-order valence-electron chi connectivity index (χ2n) is 13.0. The zero-order chi connectivity index (χ0) is 34.9. The number of para-hydroxylation sites is 4. The number of rotatable bonds is 5. The van der Waals surface area contributed by atoms with E-state index in [1.807, 2.05) is 66.7 Å². The third-order valence-electron chi connectivity index (χ3n) is 9.88. The predicted molar refractivity (Wildman–Crippen MR) is 216 cm³/mol. The Morgan fingerprint density at radius 3 is 1.92 bits per heavy atom. The van der Waals surface area contributed by atoms with Gasteiger partial charge in [-0.3, -0.25) is 4.57 Å². The van der Waals surface area contributed by atoms with Gasteiger partial charge in [0, 0.05) is 58.9 Å². The molecule has 0 saturated heterocycles. The average molecular weight is 698 g/mol. The van der Waals surface area contributed by atoms with Crippen molar-refractivity contribution in [2.45, 2.75) is 0 Å². The van der Waals surface area contributed by atoms with Crippen LogP contribution in [0, 0.1) is 0 Å². The number of aromatic nitrogens is 5. The molecular formula is C46H27N5OS. The van der Waals surface area contributed by atoms with E-state index >= 15 is 0 Å². The normalized spacial score (nSPS) is 11.8. The first-order chi connectivity index (χ1) is 26.3. The van der Waals surface area contributed by atoms with Crippen LogP contribution in [0.15, 0.2) is 168 Å². The molecule has 6 nitrogen and oxygen atoms in total. The largest absolute Gasteiger partial charge is 0.456 e. The molecule has 0 spiro atoms. The molecule has 11 aromatic rings. The lowest BCUT2D eigenvalue weighted by Crippen LogP contribution is -2.00. The van der Waals surface area contributed by atoms with Crippen molar-refractivity contribution in [2.75, 3.05) is 0 Å². The van der Waals surface area contributed by atoms with Crippen LogP contribution in [0.3, 0.4) is 0 Å². The lowest BCUT2D eigenvalue weighted by molar-refractivity contribution is 0.669. The van der Waals surface area contributed by atoms with Crippen molar-refractivity contribution in [1.82, 2.24) is 24.5 Å². The fraction of sp³-hybridized carbons (Fsp3) is 0. The summed E-state index contributed by atoms with van der Waals surface area (Å²) >= 11 is 1.77. The van der Waals surface area contributed by atoms with Crippen molar-refractivity contribution in [3.63, 3.8) is 0 Å². The molecule has 4 heterocycles. The van der Waals surface area contributed by atoms with Crippen molar-refractivity contribution in [3.05, 3.63) is 164 Å². The first kappa shape index (κ1) is 29.7. The van der Waals surface area contributed by atoms with Crippen LogP contribution in [0.25, 0.3) is 104 Å². The van der Waals surface area contributed by atoms with Crippen LogP contribution < -0.4 is 0 Å². The third kappa shape index (κ3) is 4.79. The number of benzene rings is 7. The maximum absolute atomic E-state index is 6.28. The van der Waals surface area contributed by atoms with Gasteiger partial charge in [-0.25, -0.2) is 19.9 Å². The lowest BCUT2D eigenvalue weighted by Gasteiger charge is -2.12. The Balaban J connectivity index is 1.17. The fourth-order valence-corrected chi connectivity index (χ4v) is 8.65. The van der Waals surface area contributed by atoms with Crippen molar-refractivity contribution in [2.24, 2.45) is 0 Å². The molecule has 0 aliphatic carbocycles. The molecule has 0 amide bonds.